The van der Waals surface area contributed by atoms with Crippen LogP contribution >= 0.6 is 0 Å². The molecule has 0 heterocycles. The molecule has 0 spiro atoms. The summed E-state index contributed by atoms with van der Waals surface area (Å²) in [6, 6.07) is 0.425. The molecule has 0 aromatic heterocycles. The van der Waals surface area contributed by atoms with Crippen LogP contribution < -0.4 is 5.73 Å². The molecule has 4 saturated carbocycles. The lowest BCUT2D eigenvalue weighted by Gasteiger charge is -2.63. The summed E-state index contributed by atoms with van der Waals surface area (Å²) in [5.74, 6) is 2.05. The van der Waals surface area contributed by atoms with Gasteiger partial charge in [0.2, 0.25) is 0 Å². The second kappa shape index (κ2) is 3.00. The van der Waals surface area contributed by atoms with Crippen LogP contribution in [0, 0.1) is 22.7 Å². The van der Waals surface area contributed by atoms with Gasteiger partial charge in [-0.1, -0.05) is 13.3 Å². The van der Waals surface area contributed by atoms with Crippen LogP contribution in [0.15, 0.2) is 0 Å². The van der Waals surface area contributed by atoms with E-state index in [9.17, 15) is 0 Å². The third-order valence-electron chi connectivity index (χ3n) is 5.94. The normalized spacial score (nSPS) is 54.6. The third kappa shape index (κ3) is 1.32. The van der Waals surface area contributed by atoms with Gasteiger partial charge in [-0.05, 0) is 68.1 Å². The average molecular weight is 207 g/mol. The summed E-state index contributed by atoms with van der Waals surface area (Å²) >= 11 is 0. The topological polar surface area (TPSA) is 26.0 Å². The highest BCUT2D eigenvalue weighted by Crippen LogP contribution is 2.66. The molecule has 2 N–H and O–H groups in total. The van der Waals surface area contributed by atoms with Gasteiger partial charge >= 0.3 is 0 Å². The van der Waals surface area contributed by atoms with E-state index in [0.29, 0.717) is 16.9 Å². The number of rotatable bonds is 2. The molecule has 0 aromatic rings. The highest BCUT2D eigenvalue weighted by Gasteiger charge is 2.57. The maximum Gasteiger partial charge on any atom is 0.00674 e. The predicted octanol–water partition coefficient (Wildman–Crippen LogP) is 3.33. The van der Waals surface area contributed by atoms with Crippen molar-refractivity contribution < 1.29 is 0 Å². The van der Waals surface area contributed by atoms with Gasteiger partial charge in [0.1, 0.15) is 0 Å². The van der Waals surface area contributed by atoms with Crippen molar-refractivity contribution in [2.45, 2.75) is 64.8 Å². The van der Waals surface area contributed by atoms with Crippen LogP contribution in [-0.4, -0.2) is 6.04 Å². The van der Waals surface area contributed by atoms with Crippen LogP contribution in [0.3, 0.4) is 0 Å². The first kappa shape index (κ1) is 10.1. The van der Waals surface area contributed by atoms with E-state index < -0.39 is 0 Å². The smallest absolute Gasteiger partial charge is 0.00674 e. The predicted molar refractivity (Wildman–Crippen MR) is 63.5 cm³/mol. The molecule has 4 rings (SSSR count). The Hall–Kier alpha value is -0.0400. The minimum atomic E-state index is 0.425. The molecule has 3 atom stereocenters. The van der Waals surface area contributed by atoms with Gasteiger partial charge in [-0.25, -0.2) is 0 Å². The fourth-order valence-electron chi connectivity index (χ4n) is 5.47. The highest BCUT2D eigenvalue weighted by atomic mass is 14.7. The van der Waals surface area contributed by atoms with Crippen molar-refractivity contribution in [2.75, 3.05) is 0 Å². The van der Waals surface area contributed by atoms with E-state index >= 15 is 0 Å². The van der Waals surface area contributed by atoms with Crippen molar-refractivity contribution >= 4 is 0 Å². The summed E-state index contributed by atoms with van der Waals surface area (Å²) < 4.78 is 0. The summed E-state index contributed by atoms with van der Waals surface area (Å²) in [6.07, 6.45) is 10.3. The van der Waals surface area contributed by atoms with E-state index in [1.807, 2.05) is 0 Å². The van der Waals surface area contributed by atoms with Gasteiger partial charge < -0.3 is 5.73 Å². The Kier molecular flexibility index (Phi) is 2.03. The SMILES string of the molecule is CCC12CC3CC(C1)CC(C(C)N)(C3)C2. The first-order valence-corrected chi connectivity index (χ1v) is 6.83. The highest BCUT2D eigenvalue weighted by molar-refractivity contribution is 5.09. The van der Waals surface area contributed by atoms with Gasteiger partial charge in [0.15, 0.2) is 0 Å². The van der Waals surface area contributed by atoms with Crippen molar-refractivity contribution in [3.05, 3.63) is 0 Å². The molecule has 0 aromatic carbocycles. The molecule has 4 aliphatic rings. The van der Waals surface area contributed by atoms with Crippen LogP contribution in [0.25, 0.3) is 0 Å². The minimum Gasteiger partial charge on any atom is -0.327 e. The zero-order valence-electron chi connectivity index (χ0n) is 10.3. The van der Waals surface area contributed by atoms with E-state index in [1.54, 1.807) is 0 Å². The van der Waals surface area contributed by atoms with Crippen LogP contribution in [0.5, 0.6) is 0 Å². The third-order valence-corrected chi connectivity index (χ3v) is 5.94. The van der Waals surface area contributed by atoms with Crippen molar-refractivity contribution in [1.82, 2.24) is 0 Å². The van der Waals surface area contributed by atoms with Gasteiger partial charge in [-0.15, -0.1) is 0 Å². The molecule has 0 aliphatic heterocycles. The lowest BCUT2D eigenvalue weighted by atomic mass is 9.42. The largest absolute Gasteiger partial charge is 0.327 e. The molecule has 4 aliphatic carbocycles. The quantitative estimate of drug-likeness (QED) is 0.738. The summed E-state index contributed by atoms with van der Waals surface area (Å²) in [5.41, 5.74) is 7.55. The van der Waals surface area contributed by atoms with Gasteiger partial charge in [-0.3, -0.25) is 0 Å². The van der Waals surface area contributed by atoms with E-state index in [2.05, 4.69) is 13.8 Å². The van der Waals surface area contributed by atoms with E-state index in [4.69, 9.17) is 5.73 Å². The Morgan fingerprint density at radius 2 is 1.80 bits per heavy atom. The van der Waals surface area contributed by atoms with Crippen molar-refractivity contribution in [3.63, 3.8) is 0 Å². The van der Waals surface area contributed by atoms with Crippen LogP contribution in [0.4, 0.5) is 0 Å². The second-order valence-corrected chi connectivity index (χ2v) is 6.97. The zero-order chi connectivity index (χ0) is 10.7. The zero-order valence-corrected chi connectivity index (χ0v) is 10.3. The average Bonchev–Trinajstić information content (AvgIpc) is 2.15. The summed E-state index contributed by atoms with van der Waals surface area (Å²) in [7, 11) is 0. The van der Waals surface area contributed by atoms with Crippen LogP contribution in [-0.2, 0) is 0 Å². The maximum atomic E-state index is 6.31. The molecular formula is C14H25N. The maximum absolute atomic E-state index is 6.31. The Bertz CT molecular complexity index is 255. The first-order chi connectivity index (χ1) is 7.07. The molecule has 1 heteroatoms. The fourth-order valence-corrected chi connectivity index (χ4v) is 5.47. The molecule has 0 amide bonds. The number of hydrogen-bond donors (Lipinski definition) is 1. The van der Waals surface area contributed by atoms with Gasteiger partial charge in [0.05, 0.1) is 0 Å². The van der Waals surface area contributed by atoms with Crippen LogP contribution in [0.1, 0.15) is 58.8 Å². The molecule has 86 valence electrons. The lowest BCUT2D eigenvalue weighted by Crippen LogP contribution is -2.57. The Balaban J connectivity index is 1.95. The van der Waals surface area contributed by atoms with Gasteiger partial charge in [0.25, 0.3) is 0 Å². The van der Waals surface area contributed by atoms with E-state index in [-0.39, 0.29) is 0 Å². The van der Waals surface area contributed by atoms with Gasteiger partial charge in [-0.2, -0.15) is 0 Å². The molecular weight excluding hydrogens is 182 g/mol. The number of nitrogens with two attached hydrogens (primary N) is 1. The van der Waals surface area contributed by atoms with Crippen molar-refractivity contribution in [3.8, 4) is 0 Å². The monoisotopic (exact) mass is 207 g/mol. The molecule has 0 saturated heterocycles. The van der Waals surface area contributed by atoms with Gasteiger partial charge in [0, 0.05) is 6.04 Å². The Morgan fingerprint density at radius 1 is 1.20 bits per heavy atom. The summed E-state index contributed by atoms with van der Waals surface area (Å²) in [5, 5.41) is 0. The summed E-state index contributed by atoms with van der Waals surface area (Å²) in [6.45, 7) is 4.67. The molecule has 1 nitrogen and oxygen atoms in total. The minimum absolute atomic E-state index is 0.425. The van der Waals surface area contributed by atoms with Crippen LogP contribution in [0.2, 0.25) is 0 Å². The van der Waals surface area contributed by atoms with E-state index in [0.717, 1.165) is 11.8 Å². The van der Waals surface area contributed by atoms with Crippen molar-refractivity contribution in [1.29, 1.82) is 0 Å². The molecule has 4 bridgehead atoms. The lowest BCUT2D eigenvalue weighted by molar-refractivity contribution is -0.120. The first-order valence-electron chi connectivity index (χ1n) is 6.83. The molecule has 0 radical (unpaired) electrons. The molecule has 4 fully saturated rings. The second-order valence-electron chi connectivity index (χ2n) is 6.97. The fraction of sp³-hybridized carbons (Fsp3) is 1.00. The van der Waals surface area contributed by atoms with Crippen molar-refractivity contribution in [2.24, 2.45) is 28.4 Å². The molecule has 15 heavy (non-hydrogen) atoms. The standard InChI is InChI=1S/C14H25N/c1-3-13-5-11-4-12(6-13)8-14(7-11,9-13)10(2)15/h10-12H,3-9,15H2,1-2H3. The number of hydrogen-bond acceptors (Lipinski definition) is 1. The Morgan fingerprint density at radius 3 is 2.27 bits per heavy atom. The summed E-state index contributed by atoms with van der Waals surface area (Å²) in [4.78, 5) is 0. The molecule has 3 unspecified atom stereocenters. The Labute approximate surface area is 93.8 Å². The van der Waals surface area contributed by atoms with E-state index in [1.165, 1.54) is 44.9 Å².